The summed E-state index contributed by atoms with van der Waals surface area (Å²) in [6.45, 7) is 3.76. The monoisotopic (exact) mass is 463 g/mol. The summed E-state index contributed by atoms with van der Waals surface area (Å²) in [5.74, 6) is 0.844. The van der Waals surface area contributed by atoms with E-state index in [1.807, 2.05) is 31.0 Å². The third-order valence-electron chi connectivity index (χ3n) is 7.29. The summed E-state index contributed by atoms with van der Waals surface area (Å²) < 4.78 is 8.28. The summed E-state index contributed by atoms with van der Waals surface area (Å²) in [6, 6.07) is 1.99. The Morgan fingerprint density at radius 3 is 2.07 bits per heavy atom. The van der Waals surface area contributed by atoms with Crippen LogP contribution in [0.2, 0.25) is 0 Å². The molecule has 1 saturated heterocycles. The Bertz CT molecular complexity index is 970. The van der Waals surface area contributed by atoms with Crippen molar-refractivity contribution in [2.75, 3.05) is 4.90 Å². The van der Waals surface area contributed by atoms with Gasteiger partial charge >= 0.3 is 6.09 Å². The van der Waals surface area contributed by atoms with Crippen LogP contribution in [0.3, 0.4) is 0 Å². The van der Waals surface area contributed by atoms with Crippen molar-refractivity contribution in [3.05, 3.63) is 22.9 Å². The predicted molar refractivity (Wildman–Crippen MR) is 146 cm³/mol. The highest BCUT2D eigenvalue weighted by Gasteiger charge is 2.63. The average Bonchev–Trinajstić information content (AvgIpc) is 2.93. The number of aromatic nitrogens is 3. The van der Waals surface area contributed by atoms with Gasteiger partial charge in [-0.3, -0.25) is 0 Å². The number of carbonyl (C=O) groups is 1. The number of halogens is 1. The van der Waals surface area contributed by atoms with Gasteiger partial charge in [-0.15, -0.1) is 0 Å². The molecular formula is C14H26B8BrN5O2. The van der Waals surface area contributed by atoms with Gasteiger partial charge in [0.05, 0.1) is 16.8 Å². The highest BCUT2D eigenvalue weighted by atomic mass is 79.9. The van der Waals surface area contributed by atoms with Gasteiger partial charge in [0.25, 0.3) is 0 Å². The highest BCUT2D eigenvalue weighted by molar-refractivity contribution is 9.10. The molecule has 2 aromatic rings. The normalized spacial score (nSPS) is 21.6. The van der Waals surface area contributed by atoms with Gasteiger partial charge in [-0.2, -0.15) is 5.10 Å². The smallest absolute Gasteiger partial charge is 0.408 e. The van der Waals surface area contributed by atoms with E-state index in [0.717, 1.165) is 15.9 Å². The lowest BCUT2D eigenvalue weighted by atomic mass is 9.26. The molecule has 150 valence electrons. The van der Waals surface area contributed by atoms with Gasteiger partial charge in [0, 0.05) is 6.20 Å². The third kappa shape index (κ3) is 3.16. The van der Waals surface area contributed by atoms with E-state index < -0.39 is 21.4 Å². The Balaban J connectivity index is 2.22. The molecular weight excluding hydrogens is 437 g/mol. The molecule has 30 heavy (non-hydrogen) atoms. The lowest BCUT2D eigenvalue weighted by Crippen LogP contribution is -2.93. The molecule has 7 nitrogen and oxygen atoms in total. The number of carbonyl (C=O) groups excluding carboxylic acids is 1. The van der Waals surface area contributed by atoms with Gasteiger partial charge < -0.3 is 14.5 Å². The van der Waals surface area contributed by atoms with Crippen molar-refractivity contribution >= 4 is 96.3 Å². The van der Waals surface area contributed by atoms with Crippen LogP contribution in [0.25, 0.3) is 5.65 Å². The molecule has 1 fully saturated rings. The Hall–Kier alpha value is -1.31. The minimum atomic E-state index is -0.552. The molecule has 0 spiro atoms. The van der Waals surface area contributed by atoms with E-state index in [1.165, 1.54) is 0 Å². The maximum atomic E-state index is 13.3. The van der Waals surface area contributed by atoms with Crippen LogP contribution in [0.5, 0.6) is 0 Å². The fourth-order valence-corrected chi connectivity index (χ4v) is 5.09. The molecule has 0 N–H and O–H groups in total. The van der Waals surface area contributed by atoms with Crippen molar-refractivity contribution in [1.82, 2.24) is 19.5 Å². The fourth-order valence-electron chi connectivity index (χ4n) is 4.73. The van der Waals surface area contributed by atoms with E-state index >= 15 is 0 Å². The first-order chi connectivity index (χ1) is 13.6. The Morgan fingerprint density at radius 1 is 1.03 bits per heavy atom. The number of hydrogen-bond acceptors (Lipinski definition) is 5. The minimum absolute atomic E-state index is 0.184. The van der Waals surface area contributed by atoms with Crippen molar-refractivity contribution in [1.29, 1.82) is 0 Å². The molecule has 2 aromatic heterocycles. The molecule has 0 aliphatic carbocycles. The molecule has 0 aromatic carbocycles. The summed E-state index contributed by atoms with van der Waals surface area (Å²) in [5.41, 5.74) is 0.761. The van der Waals surface area contributed by atoms with Crippen LogP contribution in [-0.4, -0.2) is 116 Å². The van der Waals surface area contributed by atoms with Crippen LogP contribution >= 0.6 is 15.9 Å². The largest absolute Gasteiger partial charge is 0.447 e. The van der Waals surface area contributed by atoms with Gasteiger partial charge in [0.2, 0.25) is 0 Å². The number of anilines is 1. The summed E-state index contributed by atoms with van der Waals surface area (Å²) in [7, 11) is 17.1. The molecule has 1 aliphatic rings. The van der Waals surface area contributed by atoms with Crippen LogP contribution in [0.15, 0.2) is 22.9 Å². The zero-order valence-corrected chi connectivity index (χ0v) is 21.3. The lowest BCUT2D eigenvalue weighted by molar-refractivity contribution is 0.0391. The highest BCUT2D eigenvalue weighted by Crippen LogP contribution is 2.45. The van der Waals surface area contributed by atoms with Crippen molar-refractivity contribution in [3.63, 3.8) is 0 Å². The Morgan fingerprint density at radius 2 is 1.57 bits per heavy atom. The number of hydrogen-bond donors (Lipinski definition) is 0. The van der Waals surface area contributed by atoms with Crippen LogP contribution in [0, 0.1) is 0 Å². The number of rotatable bonds is 2. The molecule has 3 heterocycles. The van der Waals surface area contributed by atoms with Crippen LogP contribution < -0.4 is 4.90 Å². The quantitative estimate of drug-likeness (QED) is 0.416. The molecule has 0 atom stereocenters. The standard InChI is InChI=1S/C14H26B8BrN5O2/c1-6(2)30-10(29)28-13(19,20)11(15,16)27(12(17,18)14(28,21)22)8-3-4-26-9(25-8)7(23)5-24-26/h3-6H,15-22H2,1-2H3. The van der Waals surface area contributed by atoms with E-state index in [0.29, 0.717) is 0 Å². The van der Waals surface area contributed by atoms with Gasteiger partial charge in [0.1, 0.15) is 68.6 Å². The molecule has 1 aliphatic heterocycles. The van der Waals surface area contributed by atoms with E-state index in [9.17, 15) is 4.79 Å². The minimum Gasteiger partial charge on any atom is -0.447 e. The molecule has 0 saturated carbocycles. The second kappa shape index (κ2) is 7.10. The van der Waals surface area contributed by atoms with E-state index in [4.69, 9.17) is 9.72 Å². The zero-order chi connectivity index (χ0) is 22.9. The predicted octanol–water partition coefficient (Wildman–Crippen LogP) is -6.16. The average molecular weight is 463 g/mol. The molecule has 3 rings (SSSR count). The second-order valence-corrected chi connectivity index (χ2v) is 11.2. The molecule has 1 amide bonds. The maximum absolute atomic E-state index is 13.3. The van der Waals surface area contributed by atoms with E-state index in [2.05, 4.69) is 88.7 Å². The van der Waals surface area contributed by atoms with Gasteiger partial charge in [-0.1, -0.05) is 0 Å². The lowest BCUT2D eigenvalue weighted by Gasteiger charge is -2.73. The zero-order valence-electron chi connectivity index (χ0n) is 19.7. The second-order valence-electron chi connectivity index (χ2n) is 10.4. The van der Waals surface area contributed by atoms with Crippen LogP contribution in [0.4, 0.5) is 10.6 Å². The van der Waals surface area contributed by atoms with Crippen molar-refractivity contribution in [2.24, 2.45) is 0 Å². The van der Waals surface area contributed by atoms with Crippen molar-refractivity contribution < 1.29 is 9.53 Å². The summed E-state index contributed by atoms with van der Waals surface area (Å²) in [6.07, 6.45) is 3.20. The molecule has 0 radical (unpaired) electrons. The Kier molecular flexibility index (Phi) is 5.53. The number of fused-ring (bicyclic) bond motifs is 1. The summed E-state index contributed by atoms with van der Waals surface area (Å²) >= 11 is 3.54. The maximum Gasteiger partial charge on any atom is 0.408 e. The van der Waals surface area contributed by atoms with Gasteiger partial charge in [-0.05, 0) is 57.2 Å². The van der Waals surface area contributed by atoms with Gasteiger partial charge in [-0.25, -0.2) is 14.3 Å². The first-order valence-electron chi connectivity index (χ1n) is 10.4. The van der Waals surface area contributed by atoms with E-state index in [1.54, 1.807) is 10.7 Å². The third-order valence-corrected chi connectivity index (χ3v) is 7.85. The topological polar surface area (TPSA) is 63.0 Å². The van der Waals surface area contributed by atoms with E-state index in [-0.39, 0.29) is 12.2 Å². The van der Waals surface area contributed by atoms with Crippen LogP contribution in [-0.2, 0) is 4.74 Å². The molecule has 0 bridgehead atoms. The number of piperazine rings is 1. The summed E-state index contributed by atoms with van der Waals surface area (Å²) in [4.78, 5) is 22.5. The number of amides is 1. The molecule has 16 heteroatoms. The number of ether oxygens (including phenoxy) is 1. The summed E-state index contributed by atoms with van der Waals surface area (Å²) in [5, 5.41) is 2.29. The van der Waals surface area contributed by atoms with Crippen molar-refractivity contribution in [3.8, 4) is 0 Å². The first kappa shape index (κ1) is 23.4. The fraction of sp³-hybridized carbons (Fsp3) is 0.500. The van der Waals surface area contributed by atoms with Crippen LogP contribution in [0.1, 0.15) is 13.8 Å². The van der Waals surface area contributed by atoms with Crippen molar-refractivity contribution in [2.45, 2.75) is 41.3 Å². The Labute approximate surface area is 194 Å². The molecule has 0 unspecified atom stereocenters. The number of nitrogens with zero attached hydrogens (tertiary/aromatic N) is 5. The first-order valence-corrected chi connectivity index (χ1v) is 11.2. The SMILES string of the molecule is BC1(B)N(C(=O)OC(C)C)C(B)(B)C(B)(B)N(c2ccn3ncc(Br)c3n2)C1(B)B. The van der Waals surface area contributed by atoms with Gasteiger partial charge in [0.15, 0.2) is 5.65 Å².